The monoisotopic (exact) mass is 210 g/mol. The molecule has 0 bridgehead atoms. The highest BCUT2D eigenvalue weighted by atomic mass is 14.0. The van der Waals surface area contributed by atoms with Crippen LogP contribution in [0.1, 0.15) is 84.5 Å². The fraction of sp³-hybridized carbons (Fsp3) is 0.867. The number of unbranched alkanes of at least 4 members (excludes halogenated alkanes) is 8. The van der Waals surface area contributed by atoms with Crippen molar-refractivity contribution in [3.63, 3.8) is 0 Å². The lowest BCUT2D eigenvalue weighted by Crippen LogP contribution is -1.83. The summed E-state index contributed by atoms with van der Waals surface area (Å²) < 4.78 is 0. The van der Waals surface area contributed by atoms with E-state index in [1.54, 1.807) is 0 Å². The predicted octanol–water partition coefficient (Wildman–Crippen LogP) is 5.87. The normalized spacial score (nSPS) is 10.5. The lowest BCUT2D eigenvalue weighted by Gasteiger charge is -2.03. The van der Waals surface area contributed by atoms with Crippen molar-refractivity contribution in [2.24, 2.45) is 0 Å². The summed E-state index contributed by atoms with van der Waals surface area (Å²) in [6, 6.07) is 0. The Hall–Kier alpha value is -0.260. The zero-order valence-electron chi connectivity index (χ0n) is 11.0. The van der Waals surface area contributed by atoms with Crippen LogP contribution in [0.2, 0.25) is 0 Å². The summed E-state index contributed by atoms with van der Waals surface area (Å²) in [5, 5.41) is 0. The first kappa shape index (κ1) is 14.7. The minimum atomic E-state index is 1.16. The van der Waals surface area contributed by atoms with Crippen LogP contribution in [0.15, 0.2) is 12.2 Å². The van der Waals surface area contributed by atoms with Crippen LogP contribution in [0.4, 0.5) is 0 Å². The van der Waals surface area contributed by atoms with Crippen molar-refractivity contribution >= 4 is 0 Å². The Morgan fingerprint density at radius 3 is 1.67 bits per heavy atom. The van der Waals surface area contributed by atoms with E-state index in [-0.39, 0.29) is 0 Å². The molecule has 0 rings (SSSR count). The molecule has 0 aromatic carbocycles. The van der Waals surface area contributed by atoms with Crippen LogP contribution in [0.3, 0.4) is 0 Å². The van der Waals surface area contributed by atoms with Gasteiger partial charge in [-0.05, 0) is 19.3 Å². The Bertz CT molecular complexity index is 135. The fourth-order valence-electron chi connectivity index (χ4n) is 1.86. The first-order valence-corrected chi connectivity index (χ1v) is 6.97. The first-order valence-electron chi connectivity index (χ1n) is 6.97. The SMILES string of the molecule is C=C(CC)CCCCCCCCCCC. The summed E-state index contributed by atoms with van der Waals surface area (Å²) in [5.74, 6) is 0. The fourth-order valence-corrected chi connectivity index (χ4v) is 1.86. The highest BCUT2D eigenvalue weighted by Crippen LogP contribution is 2.13. The van der Waals surface area contributed by atoms with Gasteiger partial charge in [0.1, 0.15) is 0 Å². The lowest BCUT2D eigenvalue weighted by molar-refractivity contribution is 0.563. The van der Waals surface area contributed by atoms with E-state index in [0.717, 1.165) is 6.42 Å². The van der Waals surface area contributed by atoms with Crippen molar-refractivity contribution in [3.8, 4) is 0 Å². The molecule has 0 aliphatic heterocycles. The predicted molar refractivity (Wildman–Crippen MR) is 71.3 cm³/mol. The van der Waals surface area contributed by atoms with Crippen molar-refractivity contribution in [1.29, 1.82) is 0 Å². The second-order valence-electron chi connectivity index (χ2n) is 4.68. The molecule has 0 aromatic rings. The molecule has 0 atom stereocenters. The van der Waals surface area contributed by atoms with E-state index >= 15 is 0 Å². The van der Waals surface area contributed by atoms with Crippen LogP contribution in [0.5, 0.6) is 0 Å². The molecule has 0 amide bonds. The molecular weight excluding hydrogens is 180 g/mol. The third kappa shape index (κ3) is 11.7. The van der Waals surface area contributed by atoms with Gasteiger partial charge in [0.05, 0.1) is 0 Å². The second-order valence-corrected chi connectivity index (χ2v) is 4.68. The van der Waals surface area contributed by atoms with Gasteiger partial charge in [-0.15, -0.1) is 0 Å². The van der Waals surface area contributed by atoms with Gasteiger partial charge in [-0.2, -0.15) is 0 Å². The molecule has 0 aliphatic rings. The van der Waals surface area contributed by atoms with Crippen molar-refractivity contribution < 1.29 is 0 Å². The number of hydrogen-bond acceptors (Lipinski definition) is 0. The van der Waals surface area contributed by atoms with Gasteiger partial charge in [0, 0.05) is 0 Å². The maximum Gasteiger partial charge on any atom is -0.0323 e. The first-order chi connectivity index (χ1) is 7.31. The van der Waals surface area contributed by atoms with Gasteiger partial charge in [0.15, 0.2) is 0 Å². The van der Waals surface area contributed by atoms with Crippen molar-refractivity contribution in [3.05, 3.63) is 12.2 Å². The van der Waals surface area contributed by atoms with Gasteiger partial charge in [-0.3, -0.25) is 0 Å². The average Bonchev–Trinajstić information content (AvgIpc) is 2.26. The van der Waals surface area contributed by atoms with E-state index < -0.39 is 0 Å². The van der Waals surface area contributed by atoms with Crippen LogP contribution >= 0.6 is 0 Å². The van der Waals surface area contributed by atoms with Gasteiger partial charge in [-0.1, -0.05) is 77.4 Å². The zero-order valence-corrected chi connectivity index (χ0v) is 11.0. The molecule has 0 spiro atoms. The van der Waals surface area contributed by atoms with Gasteiger partial charge in [0.25, 0.3) is 0 Å². The number of allylic oxidation sites excluding steroid dienone is 1. The highest BCUT2D eigenvalue weighted by Gasteiger charge is 1.93. The second kappa shape index (κ2) is 11.8. The number of hydrogen-bond donors (Lipinski definition) is 0. The van der Waals surface area contributed by atoms with E-state index in [1.165, 1.54) is 69.8 Å². The molecule has 0 fully saturated rings. The Kier molecular flexibility index (Phi) is 11.6. The maximum absolute atomic E-state index is 4.04. The third-order valence-corrected chi connectivity index (χ3v) is 3.13. The van der Waals surface area contributed by atoms with Gasteiger partial charge < -0.3 is 0 Å². The van der Waals surface area contributed by atoms with E-state index in [0.29, 0.717) is 0 Å². The Morgan fingerprint density at radius 2 is 1.20 bits per heavy atom. The Morgan fingerprint density at radius 1 is 0.733 bits per heavy atom. The van der Waals surface area contributed by atoms with Gasteiger partial charge >= 0.3 is 0 Å². The molecule has 0 N–H and O–H groups in total. The molecule has 0 heterocycles. The molecular formula is C15H30. The molecule has 0 saturated heterocycles. The maximum atomic E-state index is 4.04. The molecule has 0 nitrogen and oxygen atoms in total. The topological polar surface area (TPSA) is 0 Å². The lowest BCUT2D eigenvalue weighted by atomic mass is 10.0. The Labute approximate surface area is 97.2 Å². The molecule has 0 aliphatic carbocycles. The molecule has 0 unspecified atom stereocenters. The van der Waals surface area contributed by atoms with E-state index in [9.17, 15) is 0 Å². The third-order valence-electron chi connectivity index (χ3n) is 3.13. The van der Waals surface area contributed by atoms with Crippen LogP contribution in [0.25, 0.3) is 0 Å². The van der Waals surface area contributed by atoms with E-state index in [4.69, 9.17) is 0 Å². The minimum absolute atomic E-state index is 1.16. The standard InChI is InChI=1S/C15H30/c1-4-6-7-8-9-10-11-12-13-14-15(3)5-2/h3-14H2,1-2H3. The van der Waals surface area contributed by atoms with Crippen LogP contribution < -0.4 is 0 Å². The molecule has 0 heteroatoms. The quantitative estimate of drug-likeness (QED) is 0.295. The van der Waals surface area contributed by atoms with Crippen molar-refractivity contribution in [2.75, 3.05) is 0 Å². The van der Waals surface area contributed by atoms with Crippen molar-refractivity contribution in [1.82, 2.24) is 0 Å². The van der Waals surface area contributed by atoms with E-state index in [2.05, 4.69) is 20.4 Å². The zero-order chi connectivity index (χ0) is 11.4. The number of rotatable bonds is 11. The summed E-state index contributed by atoms with van der Waals surface area (Å²) >= 11 is 0. The molecule has 90 valence electrons. The van der Waals surface area contributed by atoms with Crippen LogP contribution in [-0.4, -0.2) is 0 Å². The molecule has 0 saturated carbocycles. The van der Waals surface area contributed by atoms with Crippen LogP contribution in [0, 0.1) is 0 Å². The molecule has 0 aromatic heterocycles. The average molecular weight is 210 g/mol. The van der Waals surface area contributed by atoms with E-state index in [1.807, 2.05) is 0 Å². The van der Waals surface area contributed by atoms with Crippen LogP contribution in [-0.2, 0) is 0 Å². The molecule has 0 radical (unpaired) electrons. The smallest absolute Gasteiger partial charge is 0.0323 e. The van der Waals surface area contributed by atoms with Gasteiger partial charge in [0.2, 0.25) is 0 Å². The summed E-state index contributed by atoms with van der Waals surface area (Å²) in [6.45, 7) is 8.52. The Balaban J connectivity index is 2.95. The summed E-state index contributed by atoms with van der Waals surface area (Å²) in [7, 11) is 0. The van der Waals surface area contributed by atoms with Gasteiger partial charge in [-0.25, -0.2) is 0 Å². The molecule has 15 heavy (non-hydrogen) atoms. The highest BCUT2D eigenvalue weighted by molar-refractivity contribution is 4.91. The largest absolute Gasteiger partial charge is 0.0999 e. The minimum Gasteiger partial charge on any atom is -0.0999 e. The van der Waals surface area contributed by atoms with Crippen molar-refractivity contribution in [2.45, 2.75) is 84.5 Å². The summed E-state index contributed by atoms with van der Waals surface area (Å²) in [5.41, 5.74) is 1.43. The summed E-state index contributed by atoms with van der Waals surface area (Å²) in [4.78, 5) is 0. The summed E-state index contributed by atoms with van der Waals surface area (Å²) in [6.07, 6.45) is 15.2.